The van der Waals surface area contributed by atoms with E-state index >= 15 is 0 Å². The van der Waals surface area contributed by atoms with Crippen LogP contribution in [0.3, 0.4) is 0 Å². The van der Waals surface area contributed by atoms with Crippen molar-refractivity contribution < 1.29 is 0 Å². The first-order valence-electron chi connectivity index (χ1n) is 4.90. The molecule has 3 N–H and O–H groups in total. The standard InChI is InChI=1S/C9H21N3/c1-8(2)9-7-12(5-3-10)6-4-11-9/h8-9,11H,3-7,10H2,1-2H3. The zero-order chi connectivity index (χ0) is 8.97. The van der Waals surface area contributed by atoms with Gasteiger partial charge in [-0.25, -0.2) is 0 Å². The molecule has 1 aliphatic heterocycles. The second-order valence-corrected chi connectivity index (χ2v) is 3.89. The molecule has 1 rings (SSSR count). The van der Waals surface area contributed by atoms with Crippen molar-refractivity contribution >= 4 is 0 Å². The first-order chi connectivity index (χ1) is 5.74. The van der Waals surface area contributed by atoms with Gasteiger partial charge < -0.3 is 11.1 Å². The van der Waals surface area contributed by atoms with Crippen LogP contribution in [-0.2, 0) is 0 Å². The number of nitrogens with two attached hydrogens (primary N) is 1. The number of nitrogens with one attached hydrogen (secondary N) is 1. The van der Waals surface area contributed by atoms with Crippen LogP contribution in [0.25, 0.3) is 0 Å². The van der Waals surface area contributed by atoms with Gasteiger partial charge in [-0.1, -0.05) is 13.8 Å². The van der Waals surface area contributed by atoms with E-state index in [2.05, 4.69) is 24.1 Å². The predicted molar refractivity (Wildman–Crippen MR) is 52.1 cm³/mol. The van der Waals surface area contributed by atoms with Crippen molar-refractivity contribution in [3.63, 3.8) is 0 Å². The average Bonchev–Trinajstić information content (AvgIpc) is 2.05. The zero-order valence-corrected chi connectivity index (χ0v) is 8.21. The van der Waals surface area contributed by atoms with Gasteiger partial charge in [-0.05, 0) is 5.92 Å². The molecule has 1 unspecified atom stereocenters. The highest BCUT2D eigenvalue weighted by Crippen LogP contribution is 2.07. The summed E-state index contributed by atoms with van der Waals surface area (Å²) in [4.78, 5) is 2.45. The van der Waals surface area contributed by atoms with Crippen LogP contribution in [0.15, 0.2) is 0 Å². The minimum atomic E-state index is 0.658. The van der Waals surface area contributed by atoms with Gasteiger partial charge in [0.2, 0.25) is 0 Å². The first kappa shape index (κ1) is 9.96. The third-order valence-electron chi connectivity index (χ3n) is 2.54. The van der Waals surface area contributed by atoms with Gasteiger partial charge in [-0.15, -0.1) is 0 Å². The van der Waals surface area contributed by atoms with Crippen molar-refractivity contribution in [3.05, 3.63) is 0 Å². The molecule has 0 saturated carbocycles. The van der Waals surface area contributed by atoms with Crippen LogP contribution in [0.1, 0.15) is 13.8 Å². The van der Waals surface area contributed by atoms with E-state index in [0.717, 1.165) is 38.6 Å². The fraction of sp³-hybridized carbons (Fsp3) is 1.00. The van der Waals surface area contributed by atoms with E-state index in [1.54, 1.807) is 0 Å². The molecule has 0 aliphatic carbocycles. The normalized spacial score (nSPS) is 26.5. The molecule has 0 aromatic heterocycles. The Labute approximate surface area is 75.3 Å². The van der Waals surface area contributed by atoms with Gasteiger partial charge >= 0.3 is 0 Å². The maximum Gasteiger partial charge on any atom is 0.0218 e. The fourth-order valence-corrected chi connectivity index (χ4v) is 1.67. The average molecular weight is 171 g/mol. The van der Waals surface area contributed by atoms with Gasteiger partial charge in [0, 0.05) is 38.8 Å². The predicted octanol–water partition coefficient (Wildman–Crippen LogP) is -0.125. The van der Waals surface area contributed by atoms with Crippen LogP contribution in [0.4, 0.5) is 0 Å². The van der Waals surface area contributed by atoms with Gasteiger partial charge in [-0.2, -0.15) is 0 Å². The molecule has 72 valence electrons. The summed E-state index contributed by atoms with van der Waals surface area (Å²) in [6.07, 6.45) is 0. The van der Waals surface area contributed by atoms with E-state index < -0.39 is 0 Å². The second-order valence-electron chi connectivity index (χ2n) is 3.89. The van der Waals surface area contributed by atoms with Gasteiger partial charge in [0.25, 0.3) is 0 Å². The van der Waals surface area contributed by atoms with E-state index in [-0.39, 0.29) is 0 Å². The molecule has 1 fully saturated rings. The Morgan fingerprint density at radius 2 is 2.33 bits per heavy atom. The summed E-state index contributed by atoms with van der Waals surface area (Å²) in [5.41, 5.74) is 5.52. The highest BCUT2D eigenvalue weighted by molar-refractivity contribution is 4.80. The van der Waals surface area contributed by atoms with Gasteiger partial charge in [0.1, 0.15) is 0 Å². The minimum absolute atomic E-state index is 0.658. The van der Waals surface area contributed by atoms with Crippen molar-refractivity contribution in [2.45, 2.75) is 19.9 Å². The lowest BCUT2D eigenvalue weighted by molar-refractivity contribution is 0.179. The Hall–Kier alpha value is -0.120. The van der Waals surface area contributed by atoms with E-state index in [1.165, 1.54) is 0 Å². The van der Waals surface area contributed by atoms with Crippen molar-refractivity contribution in [2.75, 3.05) is 32.7 Å². The molecule has 1 heterocycles. The third-order valence-corrected chi connectivity index (χ3v) is 2.54. The topological polar surface area (TPSA) is 41.3 Å². The van der Waals surface area contributed by atoms with Crippen LogP contribution in [0.2, 0.25) is 0 Å². The summed E-state index contributed by atoms with van der Waals surface area (Å²) in [7, 11) is 0. The van der Waals surface area contributed by atoms with Crippen molar-refractivity contribution in [1.82, 2.24) is 10.2 Å². The molecule has 0 radical (unpaired) electrons. The molecule has 0 aromatic carbocycles. The highest BCUT2D eigenvalue weighted by Gasteiger charge is 2.20. The molecule has 0 bridgehead atoms. The van der Waals surface area contributed by atoms with Gasteiger partial charge in [0.05, 0.1) is 0 Å². The van der Waals surface area contributed by atoms with Crippen LogP contribution in [-0.4, -0.2) is 43.7 Å². The van der Waals surface area contributed by atoms with Crippen LogP contribution < -0.4 is 11.1 Å². The Bertz CT molecular complexity index is 123. The number of nitrogens with zero attached hydrogens (tertiary/aromatic N) is 1. The zero-order valence-electron chi connectivity index (χ0n) is 8.21. The Kier molecular flexibility index (Phi) is 3.98. The summed E-state index contributed by atoms with van der Waals surface area (Å²) < 4.78 is 0. The lowest BCUT2D eigenvalue weighted by atomic mass is 10.0. The number of rotatable bonds is 3. The molecule has 1 aliphatic rings. The summed E-state index contributed by atoms with van der Waals surface area (Å²) in [5.74, 6) is 0.727. The van der Waals surface area contributed by atoms with Crippen LogP contribution >= 0.6 is 0 Å². The summed E-state index contributed by atoms with van der Waals surface area (Å²) in [6, 6.07) is 0.658. The molecule has 1 saturated heterocycles. The van der Waals surface area contributed by atoms with E-state index in [1.807, 2.05) is 0 Å². The molecule has 0 aromatic rings. The maximum atomic E-state index is 5.52. The van der Waals surface area contributed by atoms with Crippen molar-refractivity contribution in [2.24, 2.45) is 11.7 Å². The quantitative estimate of drug-likeness (QED) is 0.622. The largest absolute Gasteiger partial charge is 0.329 e. The fourth-order valence-electron chi connectivity index (χ4n) is 1.67. The third kappa shape index (κ3) is 2.73. The van der Waals surface area contributed by atoms with E-state index in [0.29, 0.717) is 6.04 Å². The Balaban J connectivity index is 2.30. The molecule has 12 heavy (non-hydrogen) atoms. The van der Waals surface area contributed by atoms with E-state index in [4.69, 9.17) is 5.73 Å². The Morgan fingerprint density at radius 1 is 1.58 bits per heavy atom. The summed E-state index contributed by atoms with van der Waals surface area (Å²) >= 11 is 0. The molecule has 0 amide bonds. The maximum absolute atomic E-state index is 5.52. The molecular weight excluding hydrogens is 150 g/mol. The second kappa shape index (κ2) is 4.80. The molecule has 3 heteroatoms. The van der Waals surface area contributed by atoms with E-state index in [9.17, 15) is 0 Å². The van der Waals surface area contributed by atoms with Gasteiger partial charge in [0.15, 0.2) is 0 Å². The SMILES string of the molecule is CC(C)C1CN(CCN)CCN1. The smallest absolute Gasteiger partial charge is 0.0218 e. The monoisotopic (exact) mass is 171 g/mol. The minimum Gasteiger partial charge on any atom is -0.329 e. The number of piperazine rings is 1. The molecular formula is C9H21N3. The number of hydrogen-bond donors (Lipinski definition) is 2. The lowest BCUT2D eigenvalue weighted by Crippen LogP contribution is -2.53. The van der Waals surface area contributed by atoms with Crippen molar-refractivity contribution in [1.29, 1.82) is 0 Å². The van der Waals surface area contributed by atoms with Crippen LogP contribution in [0.5, 0.6) is 0 Å². The summed E-state index contributed by atoms with van der Waals surface area (Å²) in [5, 5.41) is 3.52. The lowest BCUT2D eigenvalue weighted by Gasteiger charge is -2.35. The number of hydrogen-bond acceptors (Lipinski definition) is 3. The Morgan fingerprint density at radius 3 is 2.92 bits per heavy atom. The summed E-state index contributed by atoms with van der Waals surface area (Å²) in [6.45, 7) is 9.79. The molecule has 0 spiro atoms. The van der Waals surface area contributed by atoms with Gasteiger partial charge in [-0.3, -0.25) is 4.90 Å². The molecule has 3 nitrogen and oxygen atoms in total. The first-order valence-corrected chi connectivity index (χ1v) is 4.90. The molecule has 1 atom stereocenters. The van der Waals surface area contributed by atoms with Crippen molar-refractivity contribution in [3.8, 4) is 0 Å². The highest BCUT2D eigenvalue weighted by atomic mass is 15.2. The van der Waals surface area contributed by atoms with Crippen LogP contribution in [0, 0.1) is 5.92 Å².